The summed E-state index contributed by atoms with van der Waals surface area (Å²) in [7, 11) is 5.96. The molecule has 0 aromatic heterocycles. The van der Waals surface area contributed by atoms with Gasteiger partial charge >= 0.3 is 32.1 Å². The van der Waals surface area contributed by atoms with E-state index in [1.54, 1.807) is 0 Å². The molecule has 0 nitrogen and oxygen atoms in total. The molecule has 1 aliphatic heterocycles. The molecule has 8 heavy (non-hydrogen) atoms. The molecule has 1 rings (SSSR count). The van der Waals surface area contributed by atoms with Crippen molar-refractivity contribution in [2.24, 2.45) is 0 Å². The van der Waals surface area contributed by atoms with Gasteiger partial charge in [0.15, 0.2) is 0 Å². The second-order valence-corrected chi connectivity index (χ2v) is 6.44. The van der Waals surface area contributed by atoms with Crippen LogP contribution in [0.3, 0.4) is 0 Å². The summed E-state index contributed by atoms with van der Waals surface area (Å²) < 4.78 is 0. The first-order chi connectivity index (χ1) is 3.39. The molecule has 0 aliphatic carbocycles. The van der Waals surface area contributed by atoms with Crippen molar-refractivity contribution < 1.29 is 0 Å². The fraction of sp³-hybridized carbons (Fsp3) is 1.00. The van der Waals surface area contributed by atoms with Crippen LogP contribution in [-0.2, 0) is 0 Å². The van der Waals surface area contributed by atoms with Gasteiger partial charge in [0, 0.05) is 0 Å². The molecule has 0 bridgehead atoms. The van der Waals surface area contributed by atoms with E-state index in [1.165, 1.54) is 29.8 Å². The second-order valence-electron chi connectivity index (χ2n) is 2.24. The predicted octanol–water partition coefficient (Wildman–Crippen LogP) is 1.75. The van der Waals surface area contributed by atoms with Gasteiger partial charge in [-0.05, 0) is 0 Å². The zero-order chi connectivity index (χ0) is 5.11. The average Bonchev–Trinajstić information content (AvgIpc) is 1.69. The number of rotatable bonds is 0. The van der Waals surface area contributed by atoms with Crippen molar-refractivity contribution in [1.29, 1.82) is 0 Å². The van der Waals surface area contributed by atoms with Crippen LogP contribution in [0.1, 0.15) is 19.3 Å². The molecule has 1 heterocycles. The molecule has 0 spiro atoms. The van der Waals surface area contributed by atoms with E-state index < -0.39 is 13.2 Å². The Morgan fingerprint density at radius 3 is 1.75 bits per heavy atom. The molecule has 1 fully saturated rings. The van der Waals surface area contributed by atoms with Crippen LogP contribution in [0.5, 0.6) is 0 Å². The van der Waals surface area contributed by atoms with Gasteiger partial charge in [-0.25, -0.2) is 0 Å². The second kappa shape index (κ2) is 5.22. The molecule has 42 valence electrons. The van der Waals surface area contributed by atoms with Crippen molar-refractivity contribution in [2.45, 2.75) is 29.8 Å². The van der Waals surface area contributed by atoms with Crippen molar-refractivity contribution in [1.82, 2.24) is 0 Å². The zero-order valence-electron chi connectivity index (χ0n) is 4.49. The zero-order valence-corrected chi connectivity index (χ0v) is 6.40. The van der Waals surface area contributed by atoms with Gasteiger partial charge in [-0.15, -0.1) is 0 Å². The Labute approximate surface area is 71.7 Å². The summed E-state index contributed by atoms with van der Waals surface area (Å²) in [5.41, 5.74) is 0. The van der Waals surface area contributed by atoms with Crippen molar-refractivity contribution in [3.63, 3.8) is 0 Å². The van der Waals surface area contributed by atoms with E-state index in [0.29, 0.717) is 0 Å². The summed E-state index contributed by atoms with van der Waals surface area (Å²) in [5, 5.41) is 2.78. The monoisotopic (exact) mass is 140 g/mol. The van der Waals surface area contributed by atoms with Gasteiger partial charge in [-0.3, -0.25) is 10.0 Å². The van der Waals surface area contributed by atoms with Gasteiger partial charge < -0.3 is 0 Å². The van der Waals surface area contributed by atoms with Gasteiger partial charge in [0.1, 0.15) is 0 Å². The fourth-order valence-corrected chi connectivity index (χ4v) is 3.73. The van der Waals surface area contributed by atoms with Crippen LogP contribution < -0.4 is 0 Å². The number of hydrogen-bond donors (Lipinski definition) is 0. The summed E-state index contributed by atoms with van der Waals surface area (Å²) in [6, 6.07) is 0. The summed E-state index contributed by atoms with van der Waals surface area (Å²) in [4.78, 5) is 0. The van der Waals surface area contributed by atoms with Crippen molar-refractivity contribution in [2.75, 3.05) is 0 Å². The van der Waals surface area contributed by atoms with Crippen LogP contribution in [-0.4, -0.2) is 32.1 Å². The topological polar surface area (TPSA) is 0 Å². The third kappa shape index (κ3) is 3.45. The normalized spacial score (nSPS) is 19.9. The van der Waals surface area contributed by atoms with Crippen molar-refractivity contribution in [3.8, 4) is 0 Å². The molecule has 0 saturated carbocycles. The molecule has 0 N–H and O–H groups in total. The Hall–Kier alpha value is 1.42. The first kappa shape index (κ1) is 9.42. The first-order valence-corrected chi connectivity index (χ1v) is 6.41. The Bertz CT molecular complexity index is 54.4. The molecule has 1 saturated heterocycles. The minimum atomic E-state index is -0.622. The summed E-state index contributed by atoms with van der Waals surface area (Å²) in [6.07, 6.45) is 4.27. The molecule has 0 aromatic carbocycles. The Morgan fingerprint density at radius 1 is 1.00 bits per heavy atom. The van der Waals surface area contributed by atoms with Crippen LogP contribution in [0.2, 0.25) is 10.6 Å². The van der Waals surface area contributed by atoms with E-state index in [2.05, 4.69) is 0 Å². The van der Waals surface area contributed by atoms with Crippen LogP contribution in [0.4, 0.5) is 0 Å². The third-order valence-electron chi connectivity index (χ3n) is 1.53. The van der Waals surface area contributed by atoms with E-state index in [-0.39, 0.29) is 18.9 Å². The molecular weight excluding hydrogens is 129 g/mol. The van der Waals surface area contributed by atoms with E-state index >= 15 is 0 Å². The molecule has 1 aliphatic rings. The van der Waals surface area contributed by atoms with Gasteiger partial charge in [-0.1, -0.05) is 29.8 Å². The maximum atomic E-state index is 5.96. The minimum absolute atomic E-state index is 0. The fourth-order valence-electron chi connectivity index (χ4n) is 1.05. The number of halogens is 1. The first-order valence-electron chi connectivity index (χ1n) is 3.03. The molecule has 0 amide bonds. The van der Waals surface area contributed by atoms with E-state index in [4.69, 9.17) is 10.0 Å². The number of hydrogen-bond acceptors (Lipinski definition) is 0. The average molecular weight is 141 g/mol. The Balaban J connectivity index is 0.000000490. The van der Waals surface area contributed by atoms with E-state index in [1.807, 2.05) is 0 Å². The van der Waals surface area contributed by atoms with Crippen LogP contribution >= 0.6 is 10.0 Å². The van der Waals surface area contributed by atoms with Gasteiger partial charge in [-0.2, -0.15) is 0 Å². The van der Waals surface area contributed by atoms with Crippen LogP contribution in [0.25, 0.3) is 0 Å². The van der Waals surface area contributed by atoms with Crippen LogP contribution in [0.15, 0.2) is 0 Å². The summed E-state index contributed by atoms with van der Waals surface area (Å²) in [6.45, 7) is 0. The molecule has 0 radical (unpaired) electrons. The van der Waals surface area contributed by atoms with E-state index in [9.17, 15) is 0 Å². The SMILES string of the molecule is [Cl][Al]1[CH2]CCC[CH2]1.[LiH]. The standard InChI is InChI=1S/C5H10.Al.ClH.Li.H/c1-3-5-4-2;;;;/h1-5H2;;1H;;/q;+1;;;/p-1. The van der Waals surface area contributed by atoms with Crippen molar-refractivity contribution >= 4 is 42.1 Å². The van der Waals surface area contributed by atoms with Gasteiger partial charge in [0.05, 0.1) is 0 Å². The van der Waals surface area contributed by atoms with Gasteiger partial charge in [0.25, 0.3) is 0 Å². The molecule has 0 aromatic rings. The van der Waals surface area contributed by atoms with Crippen molar-refractivity contribution in [3.05, 3.63) is 0 Å². The molecule has 0 unspecified atom stereocenters. The summed E-state index contributed by atoms with van der Waals surface area (Å²) >= 11 is -0.622. The predicted molar refractivity (Wildman–Crippen MR) is 42.2 cm³/mol. The molecule has 0 atom stereocenters. The maximum absolute atomic E-state index is 5.96. The molecular formula is C5H11AlClLi. The Morgan fingerprint density at radius 2 is 1.50 bits per heavy atom. The van der Waals surface area contributed by atoms with E-state index in [0.717, 1.165) is 0 Å². The summed E-state index contributed by atoms with van der Waals surface area (Å²) in [5.74, 6) is 0. The molecule has 3 heteroatoms. The van der Waals surface area contributed by atoms with Gasteiger partial charge in [0.2, 0.25) is 0 Å². The quantitative estimate of drug-likeness (QED) is 0.450. The van der Waals surface area contributed by atoms with Crippen LogP contribution in [0, 0.1) is 0 Å². The Kier molecular flexibility index (Phi) is 6.15. The third-order valence-corrected chi connectivity index (χ3v) is 4.91.